The Balaban J connectivity index is 1.83. The summed E-state index contributed by atoms with van der Waals surface area (Å²) in [7, 11) is 1.60. The molecule has 0 radical (unpaired) electrons. The predicted molar refractivity (Wildman–Crippen MR) is 96.9 cm³/mol. The lowest BCUT2D eigenvalue weighted by atomic mass is 10.2. The lowest BCUT2D eigenvalue weighted by Gasteiger charge is -2.12. The number of anilines is 2. The molecule has 5 heteroatoms. The summed E-state index contributed by atoms with van der Waals surface area (Å²) < 4.78 is 10.9. The molecule has 2 rings (SSSR count). The zero-order valence-electron chi connectivity index (χ0n) is 14.3. The largest absolute Gasteiger partial charge is 0.495 e. The molecule has 0 bridgehead atoms. The predicted octanol–water partition coefficient (Wildman–Crippen LogP) is 3.78. The summed E-state index contributed by atoms with van der Waals surface area (Å²) in [4.78, 5) is 12.0. The molecule has 0 aliphatic rings. The molecule has 0 fully saturated rings. The molecular formula is C19H24N2O3. The topological polar surface area (TPSA) is 59.6 Å². The van der Waals surface area contributed by atoms with E-state index >= 15 is 0 Å². The second kappa shape index (κ2) is 8.82. The minimum atomic E-state index is -0.128. The van der Waals surface area contributed by atoms with Gasteiger partial charge in [0.25, 0.3) is 0 Å². The lowest BCUT2D eigenvalue weighted by molar-refractivity contribution is -0.114. The molecule has 0 saturated heterocycles. The first-order chi connectivity index (χ1) is 11.6. The van der Waals surface area contributed by atoms with Crippen LogP contribution in [0.4, 0.5) is 11.4 Å². The van der Waals surface area contributed by atoms with Gasteiger partial charge >= 0.3 is 0 Å². The fraction of sp³-hybridized carbons (Fsp3) is 0.316. The van der Waals surface area contributed by atoms with Crippen molar-refractivity contribution >= 4 is 17.3 Å². The number of nitrogens with one attached hydrogen (secondary N) is 2. The van der Waals surface area contributed by atoms with Crippen LogP contribution in [-0.4, -0.2) is 26.2 Å². The number of benzene rings is 2. The van der Waals surface area contributed by atoms with Crippen LogP contribution in [0.2, 0.25) is 0 Å². The van der Waals surface area contributed by atoms with E-state index in [4.69, 9.17) is 9.47 Å². The standard InChI is InChI=1S/C19H24N2O3/c1-14(2)13-24-16-10-8-15(9-11-16)21-19(22)12-20-17-6-4-5-7-18(17)23-3/h4-11,14,20H,12-13H2,1-3H3,(H,21,22). The number of hydrogen-bond acceptors (Lipinski definition) is 4. The van der Waals surface area contributed by atoms with E-state index in [9.17, 15) is 4.79 Å². The Hall–Kier alpha value is -2.69. The summed E-state index contributed by atoms with van der Waals surface area (Å²) in [6, 6.07) is 14.8. The number of hydrogen-bond donors (Lipinski definition) is 2. The number of amides is 1. The number of ether oxygens (including phenoxy) is 2. The third kappa shape index (κ3) is 5.50. The highest BCUT2D eigenvalue weighted by Crippen LogP contribution is 2.22. The smallest absolute Gasteiger partial charge is 0.243 e. The van der Waals surface area contributed by atoms with E-state index in [1.165, 1.54) is 0 Å². The number of methoxy groups -OCH3 is 1. The average Bonchev–Trinajstić information content (AvgIpc) is 2.59. The van der Waals surface area contributed by atoms with Gasteiger partial charge in [-0.05, 0) is 42.3 Å². The van der Waals surface area contributed by atoms with Crippen molar-refractivity contribution in [1.29, 1.82) is 0 Å². The van der Waals surface area contributed by atoms with Crippen LogP contribution < -0.4 is 20.1 Å². The Kier molecular flexibility index (Phi) is 6.49. The van der Waals surface area contributed by atoms with Crippen molar-refractivity contribution in [2.75, 3.05) is 30.9 Å². The summed E-state index contributed by atoms with van der Waals surface area (Å²) in [6.07, 6.45) is 0. The molecular weight excluding hydrogens is 304 g/mol. The summed E-state index contributed by atoms with van der Waals surface area (Å²) in [5.74, 6) is 1.85. The van der Waals surface area contributed by atoms with Gasteiger partial charge in [-0.2, -0.15) is 0 Å². The maximum absolute atomic E-state index is 12.0. The van der Waals surface area contributed by atoms with Crippen molar-refractivity contribution in [3.63, 3.8) is 0 Å². The van der Waals surface area contributed by atoms with E-state index in [2.05, 4.69) is 24.5 Å². The highest BCUT2D eigenvalue weighted by atomic mass is 16.5. The van der Waals surface area contributed by atoms with Gasteiger partial charge in [-0.1, -0.05) is 26.0 Å². The Morgan fingerprint density at radius 3 is 2.46 bits per heavy atom. The lowest BCUT2D eigenvalue weighted by Crippen LogP contribution is -2.21. The SMILES string of the molecule is COc1ccccc1NCC(=O)Nc1ccc(OCC(C)C)cc1. The van der Waals surface area contributed by atoms with Crippen LogP contribution in [0.1, 0.15) is 13.8 Å². The van der Waals surface area contributed by atoms with Crippen LogP contribution >= 0.6 is 0 Å². The van der Waals surface area contributed by atoms with E-state index in [0.29, 0.717) is 18.3 Å². The van der Waals surface area contributed by atoms with E-state index in [0.717, 1.165) is 17.1 Å². The molecule has 0 atom stereocenters. The first-order valence-corrected chi connectivity index (χ1v) is 7.98. The highest BCUT2D eigenvalue weighted by Gasteiger charge is 2.06. The maximum Gasteiger partial charge on any atom is 0.243 e. The first-order valence-electron chi connectivity index (χ1n) is 7.98. The molecule has 0 heterocycles. The Morgan fingerprint density at radius 1 is 1.08 bits per heavy atom. The third-order valence-corrected chi connectivity index (χ3v) is 3.27. The Labute approximate surface area is 143 Å². The Bertz CT molecular complexity index is 654. The van der Waals surface area contributed by atoms with Crippen molar-refractivity contribution in [3.05, 3.63) is 48.5 Å². The van der Waals surface area contributed by atoms with E-state index in [1.807, 2.05) is 48.5 Å². The van der Waals surface area contributed by atoms with Crippen LogP contribution in [-0.2, 0) is 4.79 Å². The fourth-order valence-corrected chi connectivity index (χ4v) is 2.07. The number of carbonyl (C=O) groups is 1. The molecule has 24 heavy (non-hydrogen) atoms. The molecule has 1 amide bonds. The molecule has 0 aliphatic carbocycles. The van der Waals surface area contributed by atoms with E-state index in [-0.39, 0.29) is 12.5 Å². The summed E-state index contributed by atoms with van der Waals surface area (Å²) in [5.41, 5.74) is 1.52. The molecule has 0 spiro atoms. The van der Waals surface area contributed by atoms with Crippen molar-refractivity contribution in [2.24, 2.45) is 5.92 Å². The van der Waals surface area contributed by atoms with Gasteiger partial charge in [0.05, 0.1) is 25.9 Å². The van der Waals surface area contributed by atoms with Crippen LogP contribution in [0.15, 0.2) is 48.5 Å². The number of rotatable bonds is 8. The first kappa shape index (κ1) is 17.7. The van der Waals surface area contributed by atoms with Crippen LogP contribution in [0, 0.1) is 5.92 Å². The van der Waals surface area contributed by atoms with Gasteiger partial charge in [-0.15, -0.1) is 0 Å². The van der Waals surface area contributed by atoms with Crippen LogP contribution in [0.5, 0.6) is 11.5 Å². The second-order valence-corrected chi connectivity index (χ2v) is 5.83. The minimum Gasteiger partial charge on any atom is -0.495 e. The van der Waals surface area contributed by atoms with Crippen molar-refractivity contribution in [2.45, 2.75) is 13.8 Å². The van der Waals surface area contributed by atoms with Gasteiger partial charge < -0.3 is 20.1 Å². The van der Waals surface area contributed by atoms with E-state index in [1.54, 1.807) is 7.11 Å². The number of para-hydroxylation sites is 2. The Morgan fingerprint density at radius 2 is 1.79 bits per heavy atom. The molecule has 2 aromatic rings. The van der Waals surface area contributed by atoms with Crippen molar-refractivity contribution in [1.82, 2.24) is 0 Å². The summed E-state index contributed by atoms with van der Waals surface area (Å²) in [6.45, 7) is 5.03. The van der Waals surface area contributed by atoms with Crippen molar-refractivity contribution < 1.29 is 14.3 Å². The molecule has 2 aromatic carbocycles. The molecule has 0 aromatic heterocycles. The van der Waals surface area contributed by atoms with Gasteiger partial charge in [-0.25, -0.2) is 0 Å². The van der Waals surface area contributed by atoms with Gasteiger partial charge in [0.1, 0.15) is 11.5 Å². The number of carbonyl (C=O) groups excluding carboxylic acids is 1. The molecule has 128 valence electrons. The zero-order chi connectivity index (χ0) is 17.4. The quantitative estimate of drug-likeness (QED) is 0.774. The molecule has 0 saturated carbocycles. The molecule has 0 unspecified atom stereocenters. The maximum atomic E-state index is 12.0. The monoisotopic (exact) mass is 328 g/mol. The highest BCUT2D eigenvalue weighted by molar-refractivity contribution is 5.94. The fourth-order valence-electron chi connectivity index (χ4n) is 2.07. The molecule has 0 aliphatic heterocycles. The third-order valence-electron chi connectivity index (χ3n) is 3.27. The zero-order valence-corrected chi connectivity index (χ0v) is 14.3. The normalized spacial score (nSPS) is 10.3. The van der Waals surface area contributed by atoms with Crippen LogP contribution in [0.3, 0.4) is 0 Å². The van der Waals surface area contributed by atoms with Gasteiger partial charge in [-0.3, -0.25) is 4.79 Å². The second-order valence-electron chi connectivity index (χ2n) is 5.83. The van der Waals surface area contributed by atoms with Crippen LogP contribution in [0.25, 0.3) is 0 Å². The van der Waals surface area contributed by atoms with Gasteiger partial charge in [0.15, 0.2) is 0 Å². The summed E-state index contributed by atoms with van der Waals surface area (Å²) >= 11 is 0. The summed E-state index contributed by atoms with van der Waals surface area (Å²) in [5, 5.41) is 5.91. The average molecular weight is 328 g/mol. The molecule has 5 nitrogen and oxygen atoms in total. The van der Waals surface area contributed by atoms with Gasteiger partial charge in [0.2, 0.25) is 5.91 Å². The van der Waals surface area contributed by atoms with Gasteiger partial charge in [0, 0.05) is 5.69 Å². The molecule has 2 N–H and O–H groups in total. The van der Waals surface area contributed by atoms with E-state index < -0.39 is 0 Å². The van der Waals surface area contributed by atoms with Crippen molar-refractivity contribution in [3.8, 4) is 11.5 Å². The minimum absolute atomic E-state index is 0.128.